The van der Waals surface area contributed by atoms with Crippen molar-refractivity contribution >= 4 is 49.9 Å². The number of nitrogens with zero attached hydrogens (tertiary/aromatic N) is 4. The van der Waals surface area contributed by atoms with Gasteiger partial charge in [0.2, 0.25) is 5.91 Å². The molecule has 2 saturated heterocycles. The topological polar surface area (TPSA) is 39.7 Å². The molecule has 1 aromatic heterocycles. The van der Waals surface area contributed by atoms with Crippen molar-refractivity contribution in [3.63, 3.8) is 0 Å². The van der Waals surface area contributed by atoms with Gasteiger partial charge in [-0.05, 0) is 43.2 Å². The molecule has 5 rings (SSSR count). The number of hydrogen-bond acceptors (Lipinski definition) is 5. The zero-order chi connectivity index (χ0) is 20.5. The van der Waals surface area contributed by atoms with E-state index in [9.17, 15) is 4.79 Å². The summed E-state index contributed by atoms with van der Waals surface area (Å²) in [5.41, 5.74) is 2.20. The Balaban J connectivity index is 1.15. The van der Waals surface area contributed by atoms with E-state index in [-0.39, 0.29) is 5.92 Å². The molecular weight excluding hydrogens is 416 g/mol. The van der Waals surface area contributed by atoms with Crippen molar-refractivity contribution in [2.75, 3.05) is 49.1 Å². The highest BCUT2D eigenvalue weighted by atomic mass is 35.5. The Morgan fingerprint density at radius 1 is 0.933 bits per heavy atom. The van der Waals surface area contributed by atoms with E-state index in [0.717, 1.165) is 73.5 Å². The quantitative estimate of drug-likeness (QED) is 0.600. The smallest absolute Gasteiger partial charge is 0.225 e. The number of piperidine rings is 1. The third-order valence-corrected chi connectivity index (χ3v) is 7.49. The highest BCUT2D eigenvalue weighted by Crippen LogP contribution is 2.32. The SMILES string of the molecule is O=C(C1CCN(c2nc3ccccc3s2)CC1)N1CCN(c2cccc(Cl)c2)CC1. The van der Waals surface area contributed by atoms with Crippen LogP contribution in [0.3, 0.4) is 0 Å². The molecule has 30 heavy (non-hydrogen) atoms. The van der Waals surface area contributed by atoms with Crippen molar-refractivity contribution < 1.29 is 4.79 Å². The molecule has 156 valence electrons. The number of piperazine rings is 1. The standard InChI is InChI=1S/C23H25ClN4OS/c24-18-4-3-5-19(16-18)26-12-14-27(15-13-26)22(29)17-8-10-28(11-9-17)23-25-20-6-1-2-7-21(20)30-23/h1-7,16-17H,8-15H2. The molecule has 2 fully saturated rings. The van der Waals surface area contributed by atoms with E-state index in [1.54, 1.807) is 11.3 Å². The molecule has 2 aliphatic heterocycles. The first-order valence-corrected chi connectivity index (χ1v) is 11.8. The predicted molar refractivity (Wildman–Crippen MR) is 125 cm³/mol. The fourth-order valence-corrected chi connectivity index (χ4v) is 5.63. The fourth-order valence-electron chi connectivity index (χ4n) is 4.43. The van der Waals surface area contributed by atoms with Gasteiger partial charge in [0.25, 0.3) is 0 Å². The molecule has 5 nitrogen and oxygen atoms in total. The van der Waals surface area contributed by atoms with Gasteiger partial charge in [-0.2, -0.15) is 0 Å². The molecule has 0 aliphatic carbocycles. The number of hydrogen-bond donors (Lipinski definition) is 0. The zero-order valence-electron chi connectivity index (χ0n) is 16.8. The first kappa shape index (κ1) is 19.6. The molecule has 0 unspecified atom stereocenters. The van der Waals surface area contributed by atoms with Crippen molar-refractivity contribution in [3.05, 3.63) is 53.6 Å². The summed E-state index contributed by atoms with van der Waals surface area (Å²) in [5.74, 6) is 0.457. The van der Waals surface area contributed by atoms with Crippen LogP contribution in [0.2, 0.25) is 5.02 Å². The molecule has 2 aromatic carbocycles. The Labute approximate surface area is 185 Å². The molecule has 0 bridgehead atoms. The number of anilines is 2. The second kappa shape index (κ2) is 8.44. The Bertz CT molecular complexity index is 1010. The summed E-state index contributed by atoms with van der Waals surface area (Å²) in [5, 5.41) is 1.84. The molecule has 3 heterocycles. The van der Waals surface area contributed by atoms with Gasteiger partial charge in [0, 0.05) is 55.9 Å². The minimum Gasteiger partial charge on any atom is -0.368 e. The third-order valence-electron chi connectivity index (χ3n) is 6.16. The lowest BCUT2D eigenvalue weighted by atomic mass is 9.95. The monoisotopic (exact) mass is 440 g/mol. The molecular formula is C23H25ClN4OS. The number of carbonyl (C=O) groups is 1. The molecule has 2 aliphatic rings. The van der Waals surface area contributed by atoms with Crippen LogP contribution in [-0.2, 0) is 4.79 Å². The summed E-state index contributed by atoms with van der Waals surface area (Å²) >= 11 is 7.87. The molecule has 7 heteroatoms. The van der Waals surface area contributed by atoms with Gasteiger partial charge in [0.1, 0.15) is 0 Å². The van der Waals surface area contributed by atoms with Crippen LogP contribution < -0.4 is 9.80 Å². The van der Waals surface area contributed by atoms with Gasteiger partial charge < -0.3 is 14.7 Å². The minimum absolute atomic E-state index is 0.133. The van der Waals surface area contributed by atoms with Gasteiger partial charge >= 0.3 is 0 Å². The van der Waals surface area contributed by atoms with Crippen LogP contribution in [0.1, 0.15) is 12.8 Å². The summed E-state index contributed by atoms with van der Waals surface area (Å²) in [4.78, 5) is 24.6. The Hall–Kier alpha value is -2.31. The van der Waals surface area contributed by atoms with Crippen molar-refractivity contribution in [2.45, 2.75) is 12.8 Å². The number of thiazole rings is 1. The van der Waals surface area contributed by atoms with E-state index >= 15 is 0 Å². The van der Waals surface area contributed by atoms with E-state index in [4.69, 9.17) is 16.6 Å². The number of halogens is 1. The largest absolute Gasteiger partial charge is 0.368 e. The van der Waals surface area contributed by atoms with E-state index in [2.05, 4.69) is 39.0 Å². The number of carbonyl (C=O) groups excluding carboxylic acids is 1. The number of para-hydroxylation sites is 1. The molecule has 3 aromatic rings. The number of fused-ring (bicyclic) bond motifs is 1. The highest BCUT2D eigenvalue weighted by Gasteiger charge is 2.31. The fraction of sp³-hybridized carbons (Fsp3) is 0.391. The molecule has 0 saturated carbocycles. The van der Waals surface area contributed by atoms with Crippen molar-refractivity contribution in [2.24, 2.45) is 5.92 Å². The van der Waals surface area contributed by atoms with Gasteiger partial charge in [0.15, 0.2) is 5.13 Å². The Morgan fingerprint density at radius 2 is 1.70 bits per heavy atom. The number of benzene rings is 2. The molecule has 0 spiro atoms. The summed E-state index contributed by atoms with van der Waals surface area (Å²) in [7, 11) is 0. The van der Waals surface area contributed by atoms with E-state index in [0.29, 0.717) is 5.91 Å². The maximum absolute atomic E-state index is 13.1. The van der Waals surface area contributed by atoms with Crippen LogP contribution in [-0.4, -0.2) is 55.1 Å². The normalized spacial score (nSPS) is 18.2. The highest BCUT2D eigenvalue weighted by molar-refractivity contribution is 7.22. The Kier molecular flexibility index (Phi) is 5.52. The van der Waals surface area contributed by atoms with Crippen LogP contribution in [0, 0.1) is 5.92 Å². The van der Waals surface area contributed by atoms with Gasteiger partial charge in [-0.15, -0.1) is 0 Å². The van der Waals surface area contributed by atoms with Crippen LogP contribution >= 0.6 is 22.9 Å². The summed E-state index contributed by atoms with van der Waals surface area (Å²) < 4.78 is 1.23. The zero-order valence-corrected chi connectivity index (χ0v) is 18.4. The van der Waals surface area contributed by atoms with E-state index in [1.807, 2.05) is 24.3 Å². The first-order chi connectivity index (χ1) is 14.7. The lowest BCUT2D eigenvalue weighted by Gasteiger charge is -2.39. The van der Waals surface area contributed by atoms with Crippen molar-refractivity contribution in [1.29, 1.82) is 0 Å². The van der Waals surface area contributed by atoms with Crippen LogP contribution in [0.25, 0.3) is 10.2 Å². The van der Waals surface area contributed by atoms with Crippen LogP contribution in [0.15, 0.2) is 48.5 Å². The summed E-state index contributed by atoms with van der Waals surface area (Å²) in [6, 6.07) is 16.2. The molecule has 0 atom stereocenters. The van der Waals surface area contributed by atoms with E-state index in [1.165, 1.54) is 4.70 Å². The second-order valence-electron chi connectivity index (χ2n) is 8.02. The van der Waals surface area contributed by atoms with E-state index < -0.39 is 0 Å². The van der Waals surface area contributed by atoms with Crippen LogP contribution in [0.4, 0.5) is 10.8 Å². The number of amides is 1. The van der Waals surface area contributed by atoms with Gasteiger partial charge in [-0.1, -0.05) is 41.1 Å². The molecule has 0 N–H and O–H groups in total. The number of aromatic nitrogens is 1. The second-order valence-corrected chi connectivity index (χ2v) is 9.46. The lowest BCUT2D eigenvalue weighted by molar-refractivity contribution is -0.136. The van der Waals surface area contributed by atoms with Gasteiger partial charge in [-0.25, -0.2) is 4.98 Å². The molecule has 0 radical (unpaired) electrons. The first-order valence-electron chi connectivity index (χ1n) is 10.6. The van der Waals surface area contributed by atoms with Crippen molar-refractivity contribution in [3.8, 4) is 0 Å². The van der Waals surface area contributed by atoms with Crippen LogP contribution in [0.5, 0.6) is 0 Å². The third kappa shape index (κ3) is 3.98. The summed E-state index contributed by atoms with van der Waals surface area (Å²) in [6.45, 7) is 5.08. The average Bonchev–Trinajstić information content (AvgIpc) is 3.23. The summed E-state index contributed by atoms with van der Waals surface area (Å²) in [6.07, 6.45) is 1.81. The van der Waals surface area contributed by atoms with Crippen molar-refractivity contribution in [1.82, 2.24) is 9.88 Å². The average molecular weight is 441 g/mol. The van der Waals surface area contributed by atoms with Gasteiger partial charge in [-0.3, -0.25) is 4.79 Å². The lowest BCUT2D eigenvalue weighted by Crippen LogP contribution is -2.51. The Morgan fingerprint density at radius 3 is 2.43 bits per heavy atom. The van der Waals surface area contributed by atoms with Gasteiger partial charge in [0.05, 0.1) is 10.2 Å². The number of rotatable bonds is 3. The predicted octanol–water partition coefficient (Wildman–Crippen LogP) is 4.51. The maximum Gasteiger partial charge on any atom is 0.225 e. The maximum atomic E-state index is 13.1. The molecule has 1 amide bonds. The minimum atomic E-state index is 0.133.